The molecule has 2 N–H and O–H groups in total. The van der Waals surface area contributed by atoms with E-state index in [4.69, 9.17) is 0 Å². The van der Waals surface area contributed by atoms with Gasteiger partial charge in [0.2, 0.25) is 5.43 Å². The van der Waals surface area contributed by atoms with Crippen molar-refractivity contribution in [2.75, 3.05) is 18.0 Å². The molecule has 4 fully saturated rings. The molecule has 6 rings (SSSR count). The van der Waals surface area contributed by atoms with Gasteiger partial charge in [-0.1, -0.05) is 0 Å². The number of rotatable bonds is 3. The van der Waals surface area contributed by atoms with Gasteiger partial charge < -0.3 is 19.9 Å². The minimum Gasteiger partial charge on any atom is -0.477 e. The molecule has 2 unspecified atom stereocenters. The topological polar surface area (TPSA) is 87.5 Å². The van der Waals surface area contributed by atoms with Crippen LogP contribution < -0.4 is 15.6 Å². The van der Waals surface area contributed by atoms with E-state index in [1.807, 2.05) is 4.90 Å². The molecule has 0 radical (unpaired) electrons. The summed E-state index contributed by atoms with van der Waals surface area (Å²) in [5.41, 5.74) is -0.628. The molecule has 2 atom stereocenters. The largest absolute Gasteiger partial charge is 0.477 e. The summed E-state index contributed by atoms with van der Waals surface area (Å²) in [5, 5.41) is 12.8. The third-order valence-electron chi connectivity index (χ3n) is 5.73. The highest BCUT2D eigenvalue weighted by molar-refractivity contribution is 5.92. The predicted octanol–water partition coefficient (Wildman–Crippen LogP) is 1.51. The van der Waals surface area contributed by atoms with Gasteiger partial charge >= 0.3 is 5.97 Å². The van der Waals surface area contributed by atoms with Crippen molar-refractivity contribution < 1.29 is 14.3 Å². The van der Waals surface area contributed by atoms with Gasteiger partial charge in [0, 0.05) is 37.4 Å². The highest BCUT2D eigenvalue weighted by atomic mass is 19.1. The van der Waals surface area contributed by atoms with Gasteiger partial charge in [-0.2, -0.15) is 0 Å². The first-order valence-electron chi connectivity index (χ1n) is 9.01. The number of piperidine rings is 2. The van der Waals surface area contributed by atoms with E-state index in [0.717, 1.165) is 32.2 Å². The predicted molar refractivity (Wildman–Crippen MR) is 93.4 cm³/mol. The van der Waals surface area contributed by atoms with Gasteiger partial charge in [-0.25, -0.2) is 14.2 Å². The number of anilines is 1. The summed E-state index contributed by atoms with van der Waals surface area (Å²) in [5.74, 6) is -1.59. The fourth-order valence-corrected chi connectivity index (χ4v) is 4.19. The zero-order valence-electron chi connectivity index (χ0n) is 14.1. The third kappa shape index (κ3) is 2.32. The lowest BCUT2D eigenvalue weighted by Crippen LogP contribution is -2.61. The lowest BCUT2D eigenvalue weighted by molar-refractivity contribution is 0.0695. The van der Waals surface area contributed by atoms with E-state index >= 15 is 0 Å². The molecule has 8 heteroatoms. The van der Waals surface area contributed by atoms with Gasteiger partial charge in [0.25, 0.3) is 0 Å². The summed E-state index contributed by atoms with van der Waals surface area (Å²) < 4.78 is 16.6. The molecule has 4 aliphatic rings. The van der Waals surface area contributed by atoms with Crippen LogP contribution in [0.3, 0.4) is 0 Å². The Morgan fingerprint density at radius 2 is 2.04 bits per heavy atom. The van der Waals surface area contributed by atoms with Gasteiger partial charge in [0.05, 0.1) is 5.39 Å². The Morgan fingerprint density at radius 1 is 1.27 bits per heavy atom. The number of aromatic carboxylic acids is 1. The molecule has 26 heavy (non-hydrogen) atoms. The Morgan fingerprint density at radius 3 is 2.62 bits per heavy atom. The smallest absolute Gasteiger partial charge is 0.341 e. The summed E-state index contributed by atoms with van der Waals surface area (Å²) in [4.78, 5) is 30.4. The Kier molecular flexibility index (Phi) is 3.34. The van der Waals surface area contributed by atoms with E-state index in [-0.39, 0.29) is 28.9 Å². The molecule has 136 valence electrons. The average Bonchev–Trinajstić information content (AvgIpc) is 3.48. The van der Waals surface area contributed by atoms with Crippen LogP contribution in [-0.2, 0) is 0 Å². The molecule has 0 spiro atoms. The molecule has 2 bridgehead atoms. The van der Waals surface area contributed by atoms with E-state index in [9.17, 15) is 19.1 Å². The Bertz CT molecular complexity index is 977. The first kappa shape index (κ1) is 15.7. The van der Waals surface area contributed by atoms with Crippen LogP contribution in [0.5, 0.6) is 0 Å². The summed E-state index contributed by atoms with van der Waals surface area (Å²) in [6, 6.07) is 1.82. The quantitative estimate of drug-likeness (QED) is 0.865. The first-order valence-corrected chi connectivity index (χ1v) is 9.01. The average molecular weight is 358 g/mol. The van der Waals surface area contributed by atoms with Crippen molar-refractivity contribution in [3.05, 3.63) is 33.9 Å². The normalized spacial score (nSPS) is 25.0. The van der Waals surface area contributed by atoms with Gasteiger partial charge in [0.15, 0.2) is 11.6 Å². The maximum atomic E-state index is 14.9. The molecular formula is C18H19FN4O3. The monoisotopic (exact) mass is 358 g/mol. The number of nitrogens with zero attached hydrogens (tertiary/aromatic N) is 3. The molecule has 0 aromatic carbocycles. The van der Waals surface area contributed by atoms with Crippen LogP contribution in [0.15, 0.2) is 17.1 Å². The van der Waals surface area contributed by atoms with Gasteiger partial charge in [0.1, 0.15) is 11.2 Å². The zero-order valence-corrected chi connectivity index (χ0v) is 14.1. The van der Waals surface area contributed by atoms with Crippen molar-refractivity contribution in [2.45, 2.75) is 43.8 Å². The highest BCUT2D eigenvalue weighted by Gasteiger charge is 2.36. The van der Waals surface area contributed by atoms with E-state index in [0.29, 0.717) is 18.2 Å². The van der Waals surface area contributed by atoms with E-state index in [1.165, 1.54) is 12.3 Å². The molecule has 2 aromatic rings. The van der Waals surface area contributed by atoms with Crippen LogP contribution in [0, 0.1) is 5.82 Å². The molecule has 1 saturated carbocycles. The van der Waals surface area contributed by atoms with Crippen molar-refractivity contribution >= 4 is 22.8 Å². The summed E-state index contributed by atoms with van der Waals surface area (Å²) in [7, 11) is 0. The number of carbonyl (C=O) groups is 1. The van der Waals surface area contributed by atoms with Crippen molar-refractivity contribution in [2.24, 2.45) is 0 Å². The Labute approximate surface area is 148 Å². The molecule has 5 heterocycles. The van der Waals surface area contributed by atoms with Crippen molar-refractivity contribution in [1.82, 2.24) is 14.9 Å². The van der Waals surface area contributed by atoms with Crippen LogP contribution in [0.1, 0.15) is 42.1 Å². The standard InChI is InChI=1S/C18H19FN4O3/c19-14-5-12-15(24)13(18(25)26)8-23(10-3-4-10)16(12)21-17(14)22-7-9-1-2-11(22)6-20-9/h5,8-11,20H,1-4,6-7H2,(H,25,26). The fourth-order valence-electron chi connectivity index (χ4n) is 4.19. The highest BCUT2D eigenvalue weighted by Crippen LogP contribution is 2.37. The molecule has 3 aliphatic heterocycles. The summed E-state index contributed by atoms with van der Waals surface area (Å²) in [6.07, 6.45) is 5.24. The minimum absolute atomic E-state index is 0.0401. The molecule has 0 amide bonds. The maximum Gasteiger partial charge on any atom is 0.341 e. The van der Waals surface area contributed by atoms with E-state index < -0.39 is 17.2 Å². The second-order valence-electron chi connectivity index (χ2n) is 7.47. The van der Waals surface area contributed by atoms with Crippen LogP contribution in [0.4, 0.5) is 10.2 Å². The number of halogens is 1. The molecule has 1 aliphatic carbocycles. The number of hydrogen-bond acceptors (Lipinski definition) is 5. The van der Waals surface area contributed by atoms with Gasteiger partial charge in [-0.3, -0.25) is 4.79 Å². The van der Waals surface area contributed by atoms with Crippen molar-refractivity contribution in [1.29, 1.82) is 0 Å². The van der Waals surface area contributed by atoms with Gasteiger partial charge in [-0.15, -0.1) is 0 Å². The van der Waals surface area contributed by atoms with Crippen LogP contribution in [-0.4, -0.2) is 45.8 Å². The van der Waals surface area contributed by atoms with Crippen LogP contribution >= 0.6 is 0 Å². The Balaban J connectivity index is 1.71. The van der Waals surface area contributed by atoms with E-state index in [1.54, 1.807) is 4.57 Å². The number of pyridine rings is 2. The number of carboxylic acids is 1. The SMILES string of the molecule is O=C(O)c1cn(C2CC2)c2nc(N3CC4CCC3CN4)c(F)cc2c1=O. The molecule has 2 aromatic heterocycles. The molecule has 3 saturated heterocycles. The number of hydrogen-bond donors (Lipinski definition) is 2. The third-order valence-corrected chi connectivity index (χ3v) is 5.73. The fraction of sp³-hybridized carbons (Fsp3) is 0.500. The first-order chi connectivity index (χ1) is 12.5. The number of nitrogens with one attached hydrogen (secondary N) is 1. The maximum absolute atomic E-state index is 14.9. The molecule has 7 nitrogen and oxygen atoms in total. The minimum atomic E-state index is -1.30. The lowest BCUT2D eigenvalue weighted by atomic mass is 9.93. The lowest BCUT2D eigenvalue weighted by Gasteiger charge is -2.46. The van der Waals surface area contributed by atoms with Crippen molar-refractivity contribution in [3.8, 4) is 0 Å². The number of fused-ring (bicyclic) bond motifs is 4. The summed E-state index contributed by atoms with van der Waals surface area (Å²) in [6.45, 7) is 1.50. The second-order valence-corrected chi connectivity index (χ2v) is 7.47. The van der Waals surface area contributed by atoms with E-state index in [2.05, 4.69) is 10.3 Å². The van der Waals surface area contributed by atoms with Gasteiger partial charge in [-0.05, 0) is 31.7 Å². The second kappa shape index (κ2) is 5.51. The molecular weight excluding hydrogens is 339 g/mol. The zero-order chi connectivity index (χ0) is 18.0. The number of carboxylic acid groups (broad SMARTS) is 1. The van der Waals surface area contributed by atoms with Crippen LogP contribution in [0.25, 0.3) is 11.0 Å². The Hall–Kier alpha value is -2.48. The number of piperazine rings is 1. The summed E-state index contributed by atoms with van der Waals surface area (Å²) >= 11 is 0. The number of aromatic nitrogens is 2. The van der Waals surface area contributed by atoms with Crippen molar-refractivity contribution in [3.63, 3.8) is 0 Å². The van der Waals surface area contributed by atoms with Crippen LogP contribution in [0.2, 0.25) is 0 Å².